The quantitative estimate of drug-likeness (QED) is 0.439. The van der Waals surface area contributed by atoms with Crippen LogP contribution in [0.3, 0.4) is 0 Å². The van der Waals surface area contributed by atoms with Crippen molar-refractivity contribution in [3.05, 3.63) is 47.9 Å². The van der Waals surface area contributed by atoms with E-state index >= 15 is 0 Å². The van der Waals surface area contributed by atoms with E-state index in [4.69, 9.17) is 9.47 Å². The van der Waals surface area contributed by atoms with Gasteiger partial charge in [0.2, 0.25) is 0 Å². The molecule has 0 aliphatic heterocycles. The van der Waals surface area contributed by atoms with E-state index in [1.807, 2.05) is 29.6 Å². The summed E-state index contributed by atoms with van der Waals surface area (Å²) < 4.78 is 11.4. The largest absolute Gasteiger partial charge is 0.465 e. The topological polar surface area (TPSA) is 52.6 Å². The number of rotatable bonds is 7. The average molecular weight is 332 g/mol. The van der Waals surface area contributed by atoms with E-state index in [1.54, 1.807) is 19.9 Å². The SMILES string of the molecule is C=CCC(C(=O)OCC)(C(=O)OCC)c1csc2ccccc12. The Morgan fingerprint density at radius 1 is 1.17 bits per heavy atom. The molecule has 0 amide bonds. The molecule has 23 heavy (non-hydrogen) atoms. The number of hydrogen-bond acceptors (Lipinski definition) is 5. The molecule has 2 aromatic rings. The molecule has 0 fully saturated rings. The fourth-order valence-corrected chi connectivity index (χ4v) is 3.65. The van der Waals surface area contributed by atoms with E-state index in [9.17, 15) is 9.59 Å². The van der Waals surface area contributed by atoms with Crippen LogP contribution >= 0.6 is 11.3 Å². The van der Waals surface area contributed by atoms with Crippen LogP contribution in [-0.2, 0) is 24.5 Å². The Bertz CT molecular complexity index is 699. The second kappa shape index (κ2) is 7.42. The zero-order chi connectivity index (χ0) is 16.9. The van der Waals surface area contributed by atoms with Gasteiger partial charge in [0.15, 0.2) is 5.41 Å². The lowest BCUT2D eigenvalue weighted by Crippen LogP contribution is -2.45. The van der Waals surface area contributed by atoms with E-state index in [2.05, 4.69) is 6.58 Å². The highest BCUT2D eigenvalue weighted by Gasteiger charge is 2.50. The van der Waals surface area contributed by atoms with Crippen molar-refractivity contribution >= 4 is 33.4 Å². The molecule has 0 unspecified atom stereocenters. The lowest BCUT2D eigenvalue weighted by Gasteiger charge is -2.28. The number of allylic oxidation sites excluding steroid dienone is 1. The molecule has 0 atom stereocenters. The number of thiophene rings is 1. The van der Waals surface area contributed by atoms with Gasteiger partial charge in [0.05, 0.1) is 13.2 Å². The molecule has 0 aliphatic rings. The maximum atomic E-state index is 12.7. The van der Waals surface area contributed by atoms with Crippen molar-refractivity contribution in [1.82, 2.24) is 0 Å². The molecule has 2 rings (SSSR count). The van der Waals surface area contributed by atoms with Crippen molar-refractivity contribution in [3.63, 3.8) is 0 Å². The molecule has 0 spiro atoms. The van der Waals surface area contributed by atoms with Gasteiger partial charge in [-0.25, -0.2) is 0 Å². The second-order valence-corrected chi connectivity index (χ2v) is 5.90. The minimum atomic E-state index is -1.51. The van der Waals surface area contributed by atoms with E-state index in [-0.39, 0.29) is 19.6 Å². The first-order chi connectivity index (χ1) is 11.1. The third-order valence-electron chi connectivity index (χ3n) is 3.64. The van der Waals surface area contributed by atoms with Crippen molar-refractivity contribution in [2.75, 3.05) is 13.2 Å². The van der Waals surface area contributed by atoms with Crippen molar-refractivity contribution in [2.24, 2.45) is 0 Å². The zero-order valence-electron chi connectivity index (χ0n) is 13.3. The van der Waals surface area contributed by atoms with Crippen LogP contribution in [0, 0.1) is 0 Å². The maximum absolute atomic E-state index is 12.7. The standard InChI is InChI=1S/C18H20O4S/c1-4-11-18(16(19)21-5-2,17(20)22-6-3)14-12-23-15-10-8-7-9-13(14)15/h4,7-10,12H,1,5-6,11H2,2-3H3. The summed E-state index contributed by atoms with van der Waals surface area (Å²) in [5.74, 6) is -1.19. The predicted octanol–water partition coefficient (Wildman–Crippen LogP) is 3.84. The first-order valence-corrected chi connectivity index (χ1v) is 8.41. The average Bonchev–Trinajstić information content (AvgIpc) is 2.97. The van der Waals surface area contributed by atoms with Crippen LogP contribution in [0.15, 0.2) is 42.3 Å². The summed E-state index contributed by atoms with van der Waals surface area (Å²) in [5, 5.41) is 2.70. The van der Waals surface area contributed by atoms with E-state index in [0.717, 1.165) is 10.1 Å². The molecule has 0 radical (unpaired) electrons. The summed E-state index contributed by atoms with van der Waals surface area (Å²) in [5.41, 5.74) is -0.886. The Morgan fingerprint density at radius 2 is 1.78 bits per heavy atom. The van der Waals surface area contributed by atoms with Crippen LogP contribution in [0.2, 0.25) is 0 Å². The fourth-order valence-electron chi connectivity index (χ4n) is 2.61. The van der Waals surface area contributed by atoms with E-state index in [0.29, 0.717) is 5.56 Å². The Labute approximate surface area is 139 Å². The van der Waals surface area contributed by atoms with Crippen molar-refractivity contribution < 1.29 is 19.1 Å². The van der Waals surface area contributed by atoms with Gasteiger partial charge < -0.3 is 9.47 Å². The van der Waals surface area contributed by atoms with Gasteiger partial charge in [-0.05, 0) is 42.7 Å². The third-order valence-corrected chi connectivity index (χ3v) is 4.60. The molecular weight excluding hydrogens is 312 g/mol. The molecular formula is C18H20O4S. The predicted molar refractivity (Wildman–Crippen MR) is 91.6 cm³/mol. The first kappa shape index (κ1) is 17.2. The van der Waals surface area contributed by atoms with Crippen molar-refractivity contribution in [3.8, 4) is 0 Å². The number of benzene rings is 1. The molecule has 1 heterocycles. The van der Waals surface area contributed by atoms with E-state index < -0.39 is 17.4 Å². The molecule has 5 heteroatoms. The summed E-state index contributed by atoms with van der Waals surface area (Å²) in [7, 11) is 0. The summed E-state index contributed by atoms with van der Waals surface area (Å²) in [6.07, 6.45) is 1.69. The molecule has 0 aliphatic carbocycles. The summed E-state index contributed by atoms with van der Waals surface area (Å²) >= 11 is 1.49. The molecule has 1 aromatic heterocycles. The summed E-state index contributed by atoms with van der Waals surface area (Å²) in [4.78, 5) is 25.5. The number of carbonyl (C=O) groups excluding carboxylic acids is 2. The van der Waals surface area contributed by atoms with Gasteiger partial charge in [-0.2, -0.15) is 0 Å². The Balaban J connectivity index is 2.70. The highest BCUT2D eigenvalue weighted by Crippen LogP contribution is 2.39. The second-order valence-electron chi connectivity index (χ2n) is 4.98. The number of hydrogen-bond donors (Lipinski definition) is 0. The minimum absolute atomic E-state index is 0.130. The molecule has 122 valence electrons. The zero-order valence-corrected chi connectivity index (χ0v) is 14.2. The number of fused-ring (bicyclic) bond motifs is 1. The highest BCUT2D eigenvalue weighted by molar-refractivity contribution is 7.17. The normalized spacial score (nSPS) is 11.2. The third kappa shape index (κ3) is 3.01. The van der Waals surface area contributed by atoms with Crippen LogP contribution in [0.1, 0.15) is 25.8 Å². The summed E-state index contributed by atoms with van der Waals surface area (Å²) in [6, 6.07) is 7.66. The lowest BCUT2D eigenvalue weighted by atomic mass is 9.77. The molecule has 0 saturated carbocycles. The maximum Gasteiger partial charge on any atom is 0.328 e. The number of esters is 2. The van der Waals surface area contributed by atoms with Gasteiger partial charge in [-0.1, -0.05) is 24.3 Å². The van der Waals surface area contributed by atoms with E-state index in [1.165, 1.54) is 11.3 Å². The van der Waals surface area contributed by atoms with Crippen molar-refractivity contribution in [2.45, 2.75) is 25.7 Å². The molecule has 4 nitrogen and oxygen atoms in total. The van der Waals surface area contributed by atoms with Crippen LogP contribution in [0.4, 0.5) is 0 Å². The van der Waals surface area contributed by atoms with Gasteiger partial charge in [0.25, 0.3) is 0 Å². The van der Waals surface area contributed by atoms with Gasteiger partial charge in [-0.3, -0.25) is 9.59 Å². The van der Waals surface area contributed by atoms with Crippen LogP contribution in [-0.4, -0.2) is 25.2 Å². The Morgan fingerprint density at radius 3 is 2.35 bits per heavy atom. The van der Waals surface area contributed by atoms with Gasteiger partial charge in [-0.15, -0.1) is 17.9 Å². The van der Waals surface area contributed by atoms with Gasteiger partial charge >= 0.3 is 11.9 Å². The molecule has 0 N–H and O–H groups in total. The smallest absolute Gasteiger partial charge is 0.328 e. The Kier molecular flexibility index (Phi) is 5.55. The Hall–Kier alpha value is -2.14. The lowest BCUT2D eigenvalue weighted by molar-refractivity contribution is -0.164. The fraction of sp³-hybridized carbons (Fsp3) is 0.333. The molecule has 1 aromatic carbocycles. The van der Waals surface area contributed by atoms with Crippen LogP contribution in [0.5, 0.6) is 0 Å². The minimum Gasteiger partial charge on any atom is -0.465 e. The highest BCUT2D eigenvalue weighted by atomic mass is 32.1. The van der Waals surface area contributed by atoms with Crippen LogP contribution in [0.25, 0.3) is 10.1 Å². The van der Waals surface area contributed by atoms with Crippen LogP contribution < -0.4 is 0 Å². The van der Waals surface area contributed by atoms with Gasteiger partial charge in [0, 0.05) is 4.70 Å². The van der Waals surface area contributed by atoms with Crippen molar-refractivity contribution in [1.29, 1.82) is 0 Å². The number of ether oxygens (including phenoxy) is 2. The number of carbonyl (C=O) groups is 2. The monoisotopic (exact) mass is 332 g/mol. The molecule has 0 bridgehead atoms. The first-order valence-electron chi connectivity index (χ1n) is 7.53. The summed E-state index contributed by atoms with van der Waals surface area (Å²) in [6.45, 7) is 7.53. The molecule has 0 saturated heterocycles. The van der Waals surface area contributed by atoms with Gasteiger partial charge in [0.1, 0.15) is 0 Å².